The Morgan fingerprint density at radius 2 is 2.06 bits per heavy atom. The fourth-order valence-corrected chi connectivity index (χ4v) is 2.93. The highest BCUT2D eigenvalue weighted by Crippen LogP contribution is 2.13. The van der Waals surface area contributed by atoms with Crippen LogP contribution in [0.25, 0.3) is 0 Å². The Labute approximate surface area is 113 Å². The van der Waals surface area contributed by atoms with E-state index in [1.54, 1.807) is 0 Å². The number of nitrogens with zero attached hydrogens (tertiary/aromatic N) is 2. The molecule has 1 aromatic heterocycles. The van der Waals surface area contributed by atoms with E-state index in [9.17, 15) is 4.79 Å². The zero-order chi connectivity index (χ0) is 12.8. The fourth-order valence-electron chi connectivity index (χ4n) is 2.18. The van der Waals surface area contributed by atoms with Crippen molar-refractivity contribution in [2.24, 2.45) is 0 Å². The first kappa shape index (κ1) is 13.5. The number of amides is 1. The van der Waals surface area contributed by atoms with Crippen LogP contribution in [0.4, 0.5) is 0 Å². The fraction of sp³-hybridized carbons (Fsp3) is 0.615. The van der Waals surface area contributed by atoms with Gasteiger partial charge < -0.3 is 5.32 Å². The molecule has 1 fully saturated rings. The molecule has 0 radical (unpaired) electrons. The molecule has 0 aliphatic carbocycles. The second kappa shape index (κ2) is 6.87. The van der Waals surface area contributed by atoms with Gasteiger partial charge in [-0.2, -0.15) is 0 Å². The summed E-state index contributed by atoms with van der Waals surface area (Å²) in [5, 5.41) is 4.97. The molecule has 5 heteroatoms. The van der Waals surface area contributed by atoms with E-state index in [4.69, 9.17) is 0 Å². The molecule has 1 aliphatic heterocycles. The number of rotatable bonds is 5. The molecule has 1 aromatic rings. The van der Waals surface area contributed by atoms with Crippen molar-refractivity contribution in [2.45, 2.75) is 13.5 Å². The molecule has 18 heavy (non-hydrogen) atoms. The van der Waals surface area contributed by atoms with Crippen LogP contribution in [0.5, 0.6) is 0 Å². The molecule has 1 aliphatic rings. The molecular formula is C13H21N3OS. The van der Waals surface area contributed by atoms with Crippen molar-refractivity contribution in [3.63, 3.8) is 0 Å². The van der Waals surface area contributed by atoms with E-state index in [0.29, 0.717) is 6.54 Å². The van der Waals surface area contributed by atoms with Gasteiger partial charge in [0.05, 0.1) is 6.54 Å². The molecule has 0 bridgehead atoms. The third kappa shape index (κ3) is 4.08. The first-order chi connectivity index (χ1) is 8.78. The van der Waals surface area contributed by atoms with Gasteiger partial charge in [0.2, 0.25) is 5.91 Å². The van der Waals surface area contributed by atoms with Crippen molar-refractivity contribution >= 4 is 17.2 Å². The van der Waals surface area contributed by atoms with Crippen molar-refractivity contribution < 1.29 is 4.79 Å². The first-order valence-corrected chi connectivity index (χ1v) is 7.39. The van der Waals surface area contributed by atoms with Gasteiger partial charge in [0.15, 0.2) is 0 Å². The van der Waals surface area contributed by atoms with E-state index in [2.05, 4.69) is 32.6 Å². The highest BCUT2D eigenvalue weighted by molar-refractivity contribution is 7.09. The largest absolute Gasteiger partial charge is 0.355 e. The van der Waals surface area contributed by atoms with Crippen molar-refractivity contribution in [1.82, 2.24) is 15.1 Å². The molecule has 0 aromatic carbocycles. The predicted molar refractivity (Wildman–Crippen MR) is 74.7 cm³/mol. The van der Waals surface area contributed by atoms with Gasteiger partial charge in [-0.25, -0.2) is 0 Å². The maximum absolute atomic E-state index is 11.5. The van der Waals surface area contributed by atoms with Crippen LogP contribution in [0, 0.1) is 0 Å². The van der Waals surface area contributed by atoms with Crippen LogP contribution in [0.3, 0.4) is 0 Å². The monoisotopic (exact) mass is 267 g/mol. The smallest absolute Gasteiger partial charge is 0.234 e. The van der Waals surface area contributed by atoms with Crippen LogP contribution >= 0.6 is 11.3 Å². The summed E-state index contributed by atoms with van der Waals surface area (Å²) in [6, 6.07) is 4.29. The zero-order valence-corrected chi connectivity index (χ0v) is 11.7. The second-order valence-electron chi connectivity index (χ2n) is 4.59. The Balaban J connectivity index is 1.69. The van der Waals surface area contributed by atoms with E-state index in [-0.39, 0.29) is 5.91 Å². The van der Waals surface area contributed by atoms with Crippen molar-refractivity contribution in [3.05, 3.63) is 22.4 Å². The molecule has 0 spiro atoms. The van der Waals surface area contributed by atoms with Gasteiger partial charge in [-0.05, 0) is 18.4 Å². The minimum Gasteiger partial charge on any atom is -0.355 e. The van der Waals surface area contributed by atoms with Crippen LogP contribution in [-0.2, 0) is 11.3 Å². The van der Waals surface area contributed by atoms with Gasteiger partial charge in [0.25, 0.3) is 0 Å². The Bertz CT molecular complexity index is 358. The molecule has 1 amide bonds. The van der Waals surface area contributed by atoms with Crippen molar-refractivity contribution in [3.8, 4) is 0 Å². The number of hydrogen-bond acceptors (Lipinski definition) is 4. The molecule has 0 saturated carbocycles. The topological polar surface area (TPSA) is 35.6 Å². The van der Waals surface area contributed by atoms with Crippen LogP contribution < -0.4 is 5.32 Å². The van der Waals surface area contributed by atoms with Gasteiger partial charge >= 0.3 is 0 Å². The molecule has 100 valence electrons. The van der Waals surface area contributed by atoms with Gasteiger partial charge in [-0.1, -0.05) is 6.07 Å². The summed E-state index contributed by atoms with van der Waals surface area (Å²) in [6.45, 7) is 8.35. The maximum atomic E-state index is 11.5. The molecule has 2 rings (SSSR count). The quantitative estimate of drug-likeness (QED) is 0.864. The van der Waals surface area contributed by atoms with E-state index in [0.717, 1.165) is 39.3 Å². The van der Waals surface area contributed by atoms with Crippen LogP contribution in [0.1, 0.15) is 11.8 Å². The number of carbonyl (C=O) groups excluding carboxylic acids is 1. The SMILES string of the molecule is CCNC(=O)CN1CCN(Cc2cccs2)CC1. The summed E-state index contributed by atoms with van der Waals surface area (Å²) in [7, 11) is 0. The minimum absolute atomic E-state index is 0.143. The predicted octanol–water partition coefficient (Wildman–Crippen LogP) is 1.00. The van der Waals surface area contributed by atoms with Crippen molar-refractivity contribution in [2.75, 3.05) is 39.3 Å². The Hall–Kier alpha value is -0.910. The third-order valence-corrected chi connectivity index (χ3v) is 4.03. The average Bonchev–Trinajstić information content (AvgIpc) is 2.85. The van der Waals surface area contributed by atoms with Gasteiger partial charge in [0.1, 0.15) is 0 Å². The summed E-state index contributed by atoms with van der Waals surface area (Å²) in [5.41, 5.74) is 0. The van der Waals surface area contributed by atoms with Crippen LogP contribution in [0.15, 0.2) is 17.5 Å². The van der Waals surface area contributed by atoms with Gasteiger partial charge in [-0.3, -0.25) is 14.6 Å². The lowest BCUT2D eigenvalue weighted by Crippen LogP contribution is -2.49. The molecule has 0 unspecified atom stereocenters. The molecule has 2 heterocycles. The van der Waals surface area contributed by atoms with E-state index >= 15 is 0 Å². The Kier molecular flexibility index (Phi) is 5.16. The Morgan fingerprint density at radius 1 is 1.33 bits per heavy atom. The standard InChI is InChI=1S/C13H21N3OS/c1-2-14-13(17)11-16-7-5-15(6-8-16)10-12-4-3-9-18-12/h3-4,9H,2,5-8,10-11H2,1H3,(H,14,17). The number of nitrogens with one attached hydrogen (secondary N) is 1. The summed E-state index contributed by atoms with van der Waals surface area (Å²) < 4.78 is 0. The second-order valence-corrected chi connectivity index (χ2v) is 5.62. The van der Waals surface area contributed by atoms with Crippen LogP contribution in [0.2, 0.25) is 0 Å². The number of thiophene rings is 1. The summed E-state index contributed by atoms with van der Waals surface area (Å²) in [5.74, 6) is 0.143. The van der Waals surface area contributed by atoms with Gasteiger partial charge in [-0.15, -0.1) is 11.3 Å². The number of carbonyl (C=O) groups is 1. The molecule has 0 atom stereocenters. The van der Waals surface area contributed by atoms with E-state index in [1.165, 1.54) is 4.88 Å². The lowest BCUT2D eigenvalue weighted by molar-refractivity contribution is -0.122. The molecule has 1 N–H and O–H groups in total. The zero-order valence-electron chi connectivity index (χ0n) is 10.9. The maximum Gasteiger partial charge on any atom is 0.234 e. The minimum atomic E-state index is 0.143. The number of piperazine rings is 1. The first-order valence-electron chi connectivity index (χ1n) is 6.51. The molecule has 1 saturated heterocycles. The number of likely N-dealkylation sites (N-methyl/N-ethyl adjacent to an activating group) is 1. The Morgan fingerprint density at radius 3 is 2.67 bits per heavy atom. The molecular weight excluding hydrogens is 246 g/mol. The lowest BCUT2D eigenvalue weighted by atomic mass is 10.3. The average molecular weight is 267 g/mol. The summed E-state index contributed by atoms with van der Waals surface area (Å²) in [6.07, 6.45) is 0. The van der Waals surface area contributed by atoms with Gasteiger partial charge in [0, 0.05) is 44.1 Å². The van der Waals surface area contributed by atoms with Crippen LogP contribution in [-0.4, -0.2) is 55.0 Å². The highest BCUT2D eigenvalue weighted by Gasteiger charge is 2.18. The van der Waals surface area contributed by atoms with E-state index in [1.807, 2.05) is 18.3 Å². The van der Waals surface area contributed by atoms with E-state index < -0.39 is 0 Å². The normalized spacial score (nSPS) is 17.8. The highest BCUT2D eigenvalue weighted by atomic mass is 32.1. The third-order valence-electron chi connectivity index (χ3n) is 3.17. The van der Waals surface area contributed by atoms with Crippen molar-refractivity contribution in [1.29, 1.82) is 0 Å². The lowest BCUT2D eigenvalue weighted by Gasteiger charge is -2.33. The summed E-state index contributed by atoms with van der Waals surface area (Å²) >= 11 is 1.82. The summed E-state index contributed by atoms with van der Waals surface area (Å²) in [4.78, 5) is 17.6. The molecule has 4 nitrogen and oxygen atoms in total. The number of hydrogen-bond donors (Lipinski definition) is 1.